The van der Waals surface area contributed by atoms with Crippen LogP contribution in [0.1, 0.15) is 20.1 Å². The minimum Gasteiger partial charge on any atom is -0.393 e. The largest absolute Gasteiger partial charge is 0.393 e. The van der Waals surface area contributed by atoms with Gasteiger partial charge in [0.15, 0.2) is 11.6 Å². The number of nitrogens with zero attached hydrogens (tertiary/aromatic N) is 2. The number of hydrogen-bond donors (Lipinski definition) is 2. The molecule has 18 heavy (non-hydrogen) atoms. The molecule has 2 heterocycles. The van der Waals surface area contributed by atoms with Gasteiger partial charge in [-0.3, -0.25) is 4.57 Å². The van der Waals surface area contributed by atoms with Gasteiger partial charge in [0.1, 0.15) is 11.7 Å². The molecule has 0 bridgehead atoms. The summed E-state index contributed by atoms with van der Waals surface area (Å²) in [5.74, 6) is -0.734. The number of anilines is 1. The second-order valence-corrected chi connectivity index (χ2v) is 4.39. The van der Waals surface area contributed by atoms with E-state index < -0.39 is 29.0 Å². The second kappa shape index (κ2) is 6.72. The molecule has 1 fully saturated rings. The van der Waals surface area contributed by atoms with Gasteiger partial charge in [-0.2, -0.15) is 4.98 Å². The van der Waals surface area contributed by atoms with Crippen LogP contribution in [0.25, 0.3) is 0 Å². The van der Waals surface area contributed by atoms with Gasteiger partial charge in [0.05, 0.1) is 12.8 Å². The maximum atomic E-state index is 13.1. The molecule has 0 aromatic carbocycles. The van der Waals surface area contributed by atoms with Gasteiger partial charge in [0.2, 0.25) is 0 Å². The summed E-state index contributed by atoms with van der Waals surface area (Å²) in [7, 11) is 0. The Morgan fingerprint density at radius 1 is 1.72 bits per heavy atom. The molecular formula is C10H16FN3O3S. The first-order valence-corrected chi connectivity index (χ1v) is 6.58. The maximum Gasteiger partial charge on any atom is 0.351 e. The summed E-state index contributed by atoms with van der Waals surface area (Å²) < 4.78 is 19.5. The third kappa shape index (κ3) is 3.21. The fraction of sp³-hybridized carbons (Fsp3) is 0.600. The number of nitrogens with two attached hydrogens (primary N) is 1. The normalized spacial score (nSPS) is 22.4. The lowest BCUT2D eigenvalue weighted by Crippen LogP contribution is -2.29. The minimum absolute atomic E-state index is 0.152. The average Bonchev–Trinajstić information content (AvgIpc) is 2.85. The van der Waals surface area contributed by atoms with E-state index in [9.17, 15) is 9.18 Å². The smallest absolute Gasteiger partial charge is 0.351 e. The molecule has 0 amide bonds. The van der Waals surface area contributed by atoms with Crippen LogP contribution in [-0.2, 0) is 4.74 Å². The highest BCUT2D eigenvalue weighted by molar-refractivity contribution is 8.00. The van der Waals surface area contributed by atoms with Gasteiger partial charge >= 0.3 is 5.69 Å². The monoisotopic (exact) mass is 277 g/mol. The third-order valence-electron chi connectivity index (χ3n) is 2.13. The van der Waals surface area contributed by atoms with E-state index in [2.05, 4.69) is 4.98 Å². The van der Waals surface area contributed by atoms with Crippen molar-refractivity contribution in [2.45, 2.75) is 25.5 Å². The molecule has 1 aromatic heterocycles. The van der Waals surface area contributed by atoms with Crippen molar-refractivity contribution in [3.63, 3.8) is 0 Å². The highest BCUT2D eigenvalue weighted by atomic mass is 32.2. The van der Waals surface area contributed by atoms with Crippen molar-refractivity contribution in [1.82, 2.24) is 9.55 Å². The van der Waals surface area contributed by atoms with E-state index in [4.69, 9.17) is 15.6 Å². The summed E-state index contributed by atoms with van der Waals surface area (Å²) in [4.78, 5) is 14.8. The molecule has 0 saturated carbocycles. The lowest BCUT2D eigenvalue weighted by Gasteiger charge is -2.13. The van der Waals surface area contributed by atoms with Gasteiger partial charge in [-0.15, -0.1) is 11.8 Å². The number of aliphatic hydroxyl groups excluding tert-OH is 1. The first-order valence-electron chi connectivity index (χ1n) is 5.54. The van der Waals surface area contributed by atoms with Crippen LogP contribution in [0.15, 0.2) is 11.0 Å². The summed E-state index contributed by atoms with van der Waals surface area (Å²) in [6.07, 6.45) is 0.354. The molecular weight excluding hydrogens is 261 g/mol. The van der Waals surface area contributed by atoms with Crippen LogP contribution in [0, 0.1) is 5.82 Å². The van der Waals surface area contributed by atoms with E-state index in [1.165, 1.54) is 11.8 Å². The van der Waals surface area contributed by atoms with Gasteiger partial charge in [-0.1, -0.05) is 13.8 Å². The summed E-state index contributed by atoms with van der Waals surface area (Å²) in [6, 6.07) is 0. The zero-order chi connectivity index (χ0) is 13.7. The van der Waals surface area contributed by atoms with Crippen LogP contribution >= 0.6 is 11.8 Å². The molecule has 0 spiro atoms. The Morgan fingerprint density at radius 2 is 2.39 bits per heavy atom. The summed E-state index contributed by atoms with van der Waals surface area (Å²) in [5, 5.41) is 8.86. The summed E-state index contributed by atoms with van der Waals surface area (Å²) >= 11 is 1.35. The number of ether oxygens (including phenoxy) is 1. The summed E-state index contributed by atoms with van der Waals surface area (Å²) in [5.41, 5.74) is 4.10. The van der Waals surface area contributed by atoms with Crippen LogP contribution < -0.4 is 11.4 Å². The average molecular weight is 277 g/mol. The standard InChI is InChI=1S/C8H10FN3O3S.C2H6/c9-4-1-12(8(14)11-7(4)10)5-3-16-6(2-13)15-5;1-2/h1,5-6,13H,2-3H2,(H2,10,11,14);1-2H3. The number of nitrogen functional groups attached to an aromatic ring is 1. The van der Waals surface area contributed by atoms with E-state index in [1.54, 1.807) is 0 Å². The first-order chi connectivity index (χ1) is 8.61. The Balaban J connectivity index is 0.000000771. The van der Waals surface area contributed by atoms with E-state index in [0.29, 0.717) is 5.75 Å². The molecule has 2 unspecified atom stereocenters. The maximum absolute atomic E-state index is 13.1. The summed E-state index contributed by atoms with van der Waals surface area (Å²) in [6.45, 7) is 3.85. The van der Waals surface area contributed by atoms with Crippen molar-refractivity contribution in [1.29, 1.82) is 0 Å². The highest BCUT2D eigenvalue weighted by Crippen LogP contribution is 2.30. The van der Waals surface area contributed by atoms with Crippen LogP contribution in [0.5, 0.6) is 0 Å². The quantitative estimate of drug-likeness (QED) is 0.821. The van der Waals surface area contributed by atoms with Crippen molar-refractivity contribution < 1.29 is 14.2 Å². The van der Waals surface area contributed by atoms with E-state index in [0.717, 1.165) is 10.8 Å². The van der Waals surface area contributed by atoms with Gasteiger partial charge in [0.25, 0.3) is 0 Å². The molecule has 8 heteroatoms. The lowest BCUT2D eigenvalue weighted by atomic mass is 10.5. The lowest BCUT2D eigenvalue weighted by molar-refractivity contribution is -0.00677. The van der Waals surface area contributed by atoms with E-state index in [-0.39, 0.29) is 6.61 Å². The van der Waals surface area contributed by atoms with Crippen LogP contribution in [-0.4, -0.2) is 32.5 Å². The van der Waals surface area contributed by atoms with Gasteiger partial charge in [-0.05, 0) is 0 Å². The molecule has 6 nitrogen and oxygen atoms in total. The van der Waals surface area contributed by atoms with Crippen LogP contribution in [0.4, 0.5) is 10.2 Å². The highest BCUT2D eigenvalue weighted by Gasteiger charge is 2.27. The second-order valence-electron chi connectivity index (χ2n) is 3.20. The molecule has 3 N–H and O–H groups in total. The molecule has 0 radical (unpaired) electrons. The van der Waals surface area contributed by atoms with Gasteiger partial charge in [0, 0.05) is 5.75 Å². The Bertz CT molecular complexity index is 454. The SMILES string of the molecule is CC.Nc1nc(=O)n(C2CSC(CO)O2)cc1F. The van der Waals surface area contributed by atoms with Gasteiger partial charge < -0.3 is 15.6 Å². The predicted octanol–water partition coefficient (Wildman–Crippen LogP) is 0.571. The van der Waals surface area contributed by atoms with E-state index >= 15 is 0 Å². The van der Waals surface area contributed by atoms with Crippen molar-refractivity contribution >= 4 is 17.6 Å². The molecule has 1 saturated heterocycles. The molecule has 2 rings (SSSR count). The van der Waals surface area contributed by atoms with Gasteiger partial charge in [-0.25, -0.2) is 9.18 Å². The minimum atomic E-state index is -0.763. The van der Waals surface area contributed by atoms with Crippen molar-refractivity contribution in [3.8, 4) is 0 Å². The topological polar surface area (TPSA) is 90.4 Å². The van der Waals surface area contributed by atoms with Crippen LogP contribution in [0.3, 0.4) is 0 Å². The molecule has 2 atom stereocenters. The fourth-order valence-electron chi connectivity index (χ4n) is 1.35. The molecule has 102 valence electrons. The zero-order valence-corrected chi connectivity index (χ0v) is 11.0. The van der Waals surface area contributed by atoms with Crippen LogP contribution in [0.2, 0.25) is 0 Å². The van der Waals surface area contributed by atoms with Crippen molar-refractivity contribution in [2.75, 3.05) is 18.1 Å². The van der Waals surface area contributed by atoms with E-state index in [1.807, 2.05) is 13.8 Å². The number of hydrogen-bond acceptors (Lipinski definition) is 6. The predicted molar refractivity (Wildman–Crippen MR) is 67.7 cm³/mol. The molecule has 1 aliphatic heterocycles. The van der Waals surface area contributed by atoms with Crippen molar-refractivity contribution in [3.05, 3.63) is 22.5 Å². The first kappa shape index (κ1) is 14.9. The fourth-order valence-corrected chi connectivity index (χ4v) is 2.28. The number of rotatable bonds is 2. The Hall–Kier alpha value is -1.12. The Labute approximate surface area is 108 Å². The number of aliphatic hydroxyl groups is 1. The molecule has 1 aromatic rings. The molecule has 1 aliphatic rings. The van der Waals surface area contributed by atoms with Crippen molar-refractivity contribution in [2.24, 2.45) is 0 Å². The molecule has 0 aliphatic carbocycles. The number of thioether (sulfide) groups is 1. The zero-order valence-electron chi connectivity index (χ0n) is 10.2. The Kier molecular flexibility index (Phi) is 5.57. The Morgan fingerprint density at radius 3 is 2.94 bits per heavy atom. The third-order valence-corrected chi connectivity index (χ3v) is 3.24. The number of aromatic nitrogens is 2. The number of halogens is 1.